The minimum atomic E-state index is -1.60. The lowest BCUT2D eigenvalue weighted by atomic mass is 9.73. The van der Waals surface area contributed by atoms with Crippen molar-refractivity contribution in [1.82, 2.24) is 24.3 Å². The molecule has 0 radical (unpaired) electrons. The largest absolute Gasteiger partial charge is 0.437 e. The number of rotatable bonds is 4. The third-order valence-corrected chi connectivity index (χ3v) is 5.85. The third kappa shape index (κ3) is 3.19. The smallest absolute Gasteiger partial charge is 0.390 e. The highest BCUT2D eigenvalue weighted by atomic mass is 19.1. The molecule has 0 N–H and O–H groups in total. The summed E-state index contributed by atoms with van der Waals surface area (Å²) in [4.78, 5) is 33.4. The van der Waals surface area contributed by atoms with Crippen molar-refractivity contribution in [3.63, 3.8) is 0 Å². The number of nitrogens with zero attached hydrogens (tertiary/aromatic N) is 6. The van der Waals surface area contributed by atoms with Crippen LogP contribution in [0.2, 0.25) is 0 Å². The molecule has 1 saturated carbocycles. The summed E-state index contributed by atoms with van der Waals surface area (Å²) in [6.07, 6.45) is 3.04. The van der Waals surface area contributed by atoms with E-state index in [0.29, 0.717) is 22.2 Å². The van der Waals surface area contributed by atoms with E-state index in [1.807, 2.05) is 6.07 Å². The Balaban J connectivity index is 1.37. The monoisotopic (exact) mass is 432 g/mol. The fourth-order valence-corrected chi connectivity index (χ4v) is 4.05. The molecule has 0 atom stereocenters. The van der Waals surface area contributed by atoms with E-state index in [1.165, 1.54) is 10.9 Å². The van der Waals surface area contributed by atoms with Crippen LogP contribution in [-0.2, 0) is 12.2 Å². The van der Waals surface area contributed by atoms with Gasteiger partial charge in [-0.2, -0.15) is 9.94 Å². The number of nitriles is 1. The van der Waals surface area contributed by atoms with Crippen molar-refractivity contribution in [2.45, 2.75) is 38.0 Å². The zero-order chi connectivity index (χ0) is 22.5. The molecule has 1 fully saturated rings. The molecule has 0 aliphatic heterocycles. The fraction of sp³-hybridized carbons (Fsp3) is 0.273. The molecule has 1 aromatic carbocycles. The van der Waals surface area contributed by atoms with Crippen LogP contribution in [0.25, 0.3) is 11.0 Å². The minimum Gasteiger partial charge on any atom is -0.390 e. The van der Waals surface area contributed by atoms with Crippen LogP contribution in [0.3, 0.4) is 0 Å². The number of aryl methyl sites for hydroxylation is 1. The van der Waals surface area contributed by atoms with Gasteiger partial charge in [-0.3, -0.25) is 9.36 Å². The summed E-state index contributed by atoms with van der Waals surface area (Å²) in [5, 5.41) is 13.5. The lowest BCUT2D eigenvalue weighted by Gasteiger charge is -2.40. The van der Waals surface area contributed by atoms with Crippen LogP contribution >= 0.6 is 0 Å². The van der Waals surface area contributed by atoms with Gasteiger partial charge in [0, 0.05) is 19.0 Å². The molecule has 4 aromatic rings. The number of pyridine rings is 1. The first-order valence-corrected chi connectivity index (χ1v) is 9.97. The molecular weight excluding hydrogens is 415 g/mol. The summed E-state index contributed by atoms with van der Waals surface area (Å²) in [7, 11) is 0. The van der Waals surface area contributed by atoms with Crippen LogP contribution in [0.5, 0.6) is 0 Å². The van der Waals surface area contributed by atoms with Gasteiger partial charge in [-0.25, -0.2) is 19.2 Å². The van der Waals surface area contributed by atoms with Gasteiger partial charge in [0.15, 0.2) is 5.65 Å². The SMILES string of the molecule is Cc1ccnc2ncn(Cc3nn(C4CC(F)(c5ccc(C#N)cc5)C4)c(=O)o3)c(=O)c12. The standard InChI is InChI=1S/C22H17FN6O3/c1-13-6-7-25-19-18(13)20(30)28(12-26-19)11-17-27-29(21(31)32-17)16-8-22(23,9-16)15-4-2-14(10-24)3-5-15/h2-7,12,16H,8-9,11H2,1H3. The topological polar surface area (TPSA) is 120 Å². The molecular formula is C22H17FN6O3. The Morgan fingerprint density at radius 1 is 1.22 bits per heavy atom. The Hall–Kier alpha value is -4.13. The molecule has 9 nitrogen and oxygen atoms in total. The summed E-state index contributed by atoms with van der Waals surface area (Å²) in [6.45, 7) is 1.71. The van der Waals surface area contributed by atoms with Crippen molar-refractivity contribution >= 4 is 11.0 Å². The predicted molar refractivity (Wildman–Crippen MR) is 111 cm³/mol. The van der Waals surface area contributed by atoms with Crippen LogP contribution < -0.4 is 11.3 Å². The van der Waals surface area contributed by atoms with E-state index in [1.54, 1.807) is 43.5 Å². The zero-order valence-corrected chi connectivity index (χ0v) is 17.0. The molecule has 0 saturated heterocycles. The Morgan fingerprint density at radius 2 is 1.97 bits per heavy atom. The summed E-state index contributed by atoms with van der Waals surface area (Å²) < 4.78 is 22.9. The van der Waals surface area contributed by atoms with Gasteiger partial charge < -0.3 is 4.42 Å². The summed E-state index contributed by atoms with van der Waals surface area (Å²) in [6, 6.07) is 9.56. The van der Waals surface area contributed by atoms with E-state index in [-0.39, 0.29) is 30.8 Å². The molecule has 32 heavy (non-hydrogen) atoms. The van der Waals surface area contributed by atoms with E-state index < -0.39 is 17.5 Å². The maximum Gasteiger partial charge on any atom is 0.437 e. The predicted octanol–water partition coefficient (Wildman–Crippen LogP) is 2.37. The van der Waals surface area contributed by atoms with Crippen molar-refractivity contribution in [1.29, 1.82) is 5.26 Å². The van der Waals surface area contributed by atoms with Crippen LogP contribution in [-0.4, -0.2) is 24.3 Å². The average Bonchev–Trinajstić information content (AvgIpc) is 3.13. The Bertz CT molecular complexity index is 1490. The van der Waals surface area contributed by atoms with Crippen molar-refractivity contribution in [3.05, 3.63) is 86.3 Å². The Labute approximate surface area is 180 Å². The lowest BCUT2D eigenvalue weighted by Crippen LogP contribution is -2.41. The maximum atomic E-state index is 15.2. The molecule has 0 spiro atoms. The van der Waals surface area contributed by atoms with Gasteiger partial charge in [0.05, 0.1) is 23.1 Å². The summed E-state index contributed by atoms with van der Waals surface area (Å²) >= 11 is 0. The Kier molecular flexibility index (Phi) is 4.48. The van der Waals surface area contributed by atoms with Gasteiger partial charge in [-0.15, -0.1) is 5.10 Å². The lowest BCUT2D eigenvalue weighted by molar-refractivity contribution is 0.00179. The highest BCUT2D eigenvalue weighted by Crippen LogP contribution is 2.50. The normalized spacial score (nSPS) is 20.1. The molecule has 1 aliphatic rings. The first-order chi connectivity index (χ1) is 15.4. The van der Waals surface area contributed by atoms with E-state index in [0.717, 1.165) is 10.2 Å². The van der Waals surface area contributed by atoms with E-state index in [2.05, 4.69) is 15.1 Å². The first kappa shape index (κ1) is 19.8. The van der Waals surface area contributed by atoms with Gasteiger partial charge >= 0.3 is 5.76 Å². The zero-order valence-electron chi connectivity index (χ0n) is 17.0. The fourth-order valence-electron chi connectivity index (χ4n) is 4.05. The van der Waals surface area contributed by atoms with E-state index in [4.69, 9.17) is 9.68 Å². The number of benzene rings is 1. The van der Waals surface area contributed by atoms with E-state index in [9.17, 15) is 9.59 Å². The number of aromatic nitrogens is 5. The first-order valence-electron chi connectivity index (χ1n) is 9.97. The van der Waals surface area contributed by atoms with Crippen LogP contribution in [0.1, 0.15) is 41.5 Å². The number of fused-ring (bicyclic) bond motifs is 1. The second kappa shape index (κ2) is 7.23. The second-order valence-corrected chi connectivity index (χ2v) is 7.93. The molecule has 160 valence electrons. The van der Waals surface area contributed by atoms with Crippen LogP contribution in [0.4, 0.5) is 4.39 Å². The average molecular weight is 432 g/mol. The maximum absolute atomic E-state index is 15.2. The van der Waals surface area contributed by atoms with Gasteiger partial charge in [-0.05, 0) is 36.2 Å². The van der Waals surface area contributed by atoms with Gasteiger partial charge in [0.1, 0.15) is 18.5 Å². The Morgan fingerprint density at radius 3 is 2.69 bits per heavy atom. The van der Waals surface area contributed by atoms with Crippen LogP contribution in [0.15, 0.2) is 56.9 Å². The third-order valence-electron chi connectivity index (χ3n) is 5.85. The molecule has 0 unspecified atom stereocenters. The minimum absolute atomic E-state index is 0.0366. The van der Waals surface area contributed by atoms with Crippen molar-refractivity contribution in [3.8, 4) is 6.07 Å². The number of hydrogen-bond donors (Lipinski definition) is 0. The van der Waals surface area contributed by atoms with Crippen molar-refractivity contribution in [2.75, 3.05) is 0 Å². The van der Waals surface area contributed by atoms with Crippen molar-refractivity contribution < 1.29 is 8.81 Å². The summed E-state index contributed by atoms with van der Waals surface area (Å²) in [5.74, 6) is -0.666. The summed E-state index contributed by atoms with van der Waals surface area (Å²) in [5.41, 5.74) is 0.0866. The molecule has 1 aliphatic carbocycles. The highest BCUT2D eigenvalue weighted by Gasteiger charge is 2.48. The second-order valence-electron chi connectivity index (χ2n) is 7.93. The van der Waals surface area contributed by atoms with Gasteiger partial charge in [-0.1, -0.05) is 12.1 Å². The van der Waals surface area contributed by atoms with Gasteiger partial charge in [0.2, 0.25) is 5.89 Å². The highest BCUT2D eigenvalue weighted by molar-refractivity contribution is 5.76. The van der Waals surface area contributed by atoms with E-state index >= 15 is 4.39 Å². The molecule has 10 heteroatoms. The number of hydrogen-bond acceptors (Lipinski definition) is 7. The molecule has 5 rings (SSSR count). The number of halogens is 1. The van der Waals surface area contributed by atoms with Gasteiger partial charge in [0.25, 0.3) is 5.56 Å². The molecule has 0 amide bonds. The van der Waals surface area contributed by atoms with Crippen molar-refractivity contribution in [2.24, 2.45) is 0 Å². The quantitative estimate of drug-likeness (QED) is 0.485. The molecule has 3 aromatic heterocycles. The molecule has 3 heterocycles. The molecule has 0 bridgehead atoms. The van der Waals surface area contributed by atoms with Crippen LogP contribution in [0, 0.1) is 18.3 Å². The number of alkyl halides is 1.